The van der Waals surface area contributed by atoms with Crippen LogP contribution in [0.5, 0.6) is 0 Å². The van der Waals surface area contributed by atoms with E-state index < -0.39 is 0 Å². The molecule has 0 aliphatic heterocycles. The van der Waals surface area contributed by atoms with Gasteiger partial charge in [-0.1, -0.05) is 31.4 Å². The Balaban J connectivity index is 2.76. The van der Waals surface area contributed by atoms with Gasteiger partial charge in [0.2, 0.25) is 0 Å². The van der Waals surface area contributed by atoms with Gasteiger partial charge in [0.1, 0.15) is 0 Å². The Morgan fingerprint density at radius 2 is 1.35 bits per heavy atom. The van der Waals surface area contributed by atoms with Crippen LogP contribution in [0, 0.1) is 0 Å². The number of allylic oxidation sites excluding steroid dienone is 2. The second-order valence-corrected chi connectivity index (χ2v) is 4.35. The van der Waals surface area contributed by atoms with E-state index in [1.165, 1.54) is 11.1 Å². The van der Waals surface area contributed by atoms with E-state index in [0.717, 1.165) is 16.8 Å². The molecule has 0 fully saturated rings. The van der Waals surface area contributed by atoms with Gasteiger partial charge in [-0.15, -0.1) is 0 Å². The number of nitrogens with zero attached hydrogens (tertiary/aromatic N) is 1. The lowest BCUT2D eigenvalue weighted by Gasteiger charge is -2.16. The molecule has 1 heterocycles. The van der Waals surface area contributed by atoms with Gasteiger partial charge in [-0.25, -0.2) is 0 Å². The minimum absolute atomic E-state index is 1.07. The van der Waals surface area contributed by atoms with E-state index >= 15 is 0 Å². The third-order valence-electron chi connectivity index (χ3n) is 2.82. The number of hydrogen-bond donors (Lipinski definition) is 0. The van der Waals surface area contributed by atoms with Crippen molar-refractivity contribution in [2.24, 2.45) is 0 Å². The molecule has 0 atom stereocenters. The first kappa shape index (κ1) is 11.5. The van der Waals surface area contributed by atoms with Gasteiger partial charge >= 0.3 is 0 Å². The van der Waals surface area contributed by atoms with Crippen molar-refractivity contribution in [1.82, 2.24) is 4.57 Å². The standard InChI is InChI=1S/C16H17N/c1-12(2)14-8-7-9-15(13(3)4)16(14)17-10-5-6-11-17/h5-11H,1,3H2,2,4H3. The van der Waals surface area contributed by atoms with Gasteiger partial charge in [0, 0.05) is 23.5 Å². The highest BCUT2D eigenvalue weighted by atomic mass is 14.9. The van der Waals surface area contributed by atoms with Crippen LogP contribution in [0.4, 0.5) is 0 Å². The summed E-state index contributed by atoms with van der Waals surface area (Å²) in [4.78, 5) is 0. The second kappa shape index (κ2) is 4.46. The van der Waals surface area contributed by atoms with Gasteiger partial charge in [-0.2, -0.15) is 0 Å². The van der Waals surface area contributed by atoms with Crippen LogP contribution in [0.1, 0.15) is 25.0 Å². The summed E-state index contributed by atoms with van der Waals surface area (Å²) >= 11 is 0. The van der Waals surface area contributed by atoms with Gasteiger partial charge in [-0.05, 0) is 37.1 Å². The van der Waals surface area contributed by atoms with Crippen LogP contribution in [0.15, 0.2) is 55.9 Å². The van der Waals surface area contributed by atoms with E-state index in [-0.39, 0.29) is 0 Å². The highest BCUT2D eigenvalue weighted by Crippen LogP contribution is 2.29. The van der Waals surface area contributed by atoms with Crippen molar-refractivity contribution in [3.63, 3.8) is 0 Å². The highest BCUT2D eigenvalue weighted by Gasteiger charge is 2.10. The number of benzene rings is 1. The normalized spacial score (nSPS) is 10.2. The van der Waals surface area contributed by atoms with Gasteiger partial charge in [-0.3, -0.25) is 0 Å². The fourth-order valence-electron chi connectivity index (χ4n) is 1.99. The van der Waals surface area contributed by atoms with Crippen LogP contribution in [0.3, 0.4) is 0 Å². The van der Waals surface area contributed by atoms with Crippen molar-refractivity contribution >= 4 is 11.1 Å². The summed E-state index contributed by atoms with van der Waals surface area (Å²) < 4.78 is 2.12. The molecule has 17 heavy (non-hydrogen) atoms. The largest absolute Gasteiger partial charge is 0.323 e. The molecule has 1 aromatic carbocycles. The van der Waals surface area contributed by atoms with Crippen LogP contribution < -0.4 is 0 Å². The molecule has 1 heteroatoms. The van der Waals surface area contributed by atoms with Crippen LogP contribution >= 0.6 is 0 Å². The Labute approximate surface area is 103 Å². The summed E-state index contributed by atoms with van der Waals surface area (Å²) in [5, 5.41) is 0. The highest BCUT2D eigenvalue weighted by molar-refractivity contribution is 5.79. The van der Waals surface area contributed by atoms with Gasteiger partial charge in [0.15, 0.2) is 0 Å². The fraction of sp³-hybridized carbons (Fsp3) is 0.125. The molecule has 1 aromatic heterocycles. The Morgan fingerprint density at radius 3 is 1.76 bits per heavy atom. The first-order chi connectivity index (χ1) is 8.11. The molecule has 0 saturated heterocycles. The predicted octanol–water partition coefficient (Wildman–Crippen LogP) is 4.54. The summed E-state index contributed by atoms with van der Waals surface area (Å²) in [6.45, 7) is 12.2. The zero-order valence-electron chi connectivity index (χ0n) is 10.4. The smallest absolute Gasteiger partial charge is 0.0599 e. The number of hydrogen-bond acceptors (Lipinski definition) is 0. The number of aromatic nitrogens is 1. The maximum absolute atomic E-state index is 4.05. The molecule has 0 amide bonds. The lowest BCUT2D eigenvalue weighted by molar-refractivity contribution is 1.06. The number of rotatable bonds is 3. The van der Waals surface area contributed by atoms with Crippen molar-refractivity contribution in [3.05, 3.63) is 67.0 Å². The van der Waals surface area contributed by atoms with E-state index in [1.807, 2.05) is 38.4 Å². The third-order valence-corrected chi connectivity index (χ3v) is 2.82. The SMILES string of the molecule is C=C(C)c1cccc(C(=C)C)c1-n1cccc1. The van der Waals surface area contributed by atoms with E-state index in [4.69, 9.17) is 0 Å². The second-order valence-electron chi connectivity index (χ2n) is 4.35. The molecule has 0 aliphatic rings. The topological polar surface area (TPSA) is 4.93 Å². The zero-order valence-corrected chi connectivity index (χ0v) is 10.4. The molecule has 1 nitrogen and oxygen atoms in total. The zero-order chi connectivity index (χ0) is 12.4. The van der Waals surface area contributed by atoms with Crippen molar-refractivity contribution in [2.45, 2.75) is 13.8 Å². The molecule has 0 radical (unpaired) electrons. The number of para-hydroxylation sites is 1. The van der Waals surface area contributed by atoms with Crippen molar-refractivity contribution in [2.75, 3.05) is 0 Å². The first-order valence-electron chi connectivity index (χ1n) is 5.69. The molecular weight excluding hydrogens is 206 g/mol. The van der Waals surface area contributed by atoms with E-state index in [1.54, 1.807) is 0 Å². The van der Waals surface area contributed by atoms with Crippen LogP contribution in [-0.2, 0) is 0 Å². The molecule has 2 rings (SSSR count). The van der Waals surface area contributed by atoms with Gasteiger partial charge in [0.25, 0.3) is 0 Å². The van der Waals surface area contributed by atoms with Crippen LogP contribution in [0.2, 0.25) is 0 Å². The average Bonchev–Trinajstić information content (AvgIpc) is 2.80. The quantitative estimate of drug-likeness (QED) is 0.719. The molecular formula is C16H17N. The summed E-state index contributed by atoms with van der Waals surface area (Å²) in [5.41, 5.74) is 5.63. The minimum Gasteiger partial charge on any atom is -0.323 e. The monoisotopic (exact) mass is 223 g/mol. The maximum atomic E-state index is 4.05. The maximum Gasteiger partial charge on any atom is 0.0599 e. The van der Waals surface area contributed by atoms with E-state index in [2.05, 4.69) is 35.9 Å². The summed E-state index contributed by atoms with van der Waals surface area (Å²) in [7, 11) is 0. The Kier molecular flexibility index (Phi) is 3.01. The lowest BCUT2D eigenvalue weighted by Crippen LogP contribution is -2.00. The lowest BCUT2D eigenvalue weighted by atomic mass is 9.98. The Bertz CT molecular complexity index is 527. The minimum atomic E-state index is 1.07. The van der Waals surface area contributed by atoms with Crippen molar-refractivity contribution in [3.8, 4) is 5.69 Å². The Hall–Kier alpha value is -2.02. The van der Waals surface area contributed by atoms with E-state index in [9.17, 15) is 0 Å². The third kappa shape index (κ3) is 2.09. The average molecular weight is 223 g/mol. The molecule has 2 aromatic rings. The predicted molar refractivity (Wildman–Crippen MR) is 75.2 cm³/mol. The summed E-state index contributed by atoms with van der Waals surface area (Å²) in [6, 6.07) is 10.3. The molecule has 0 spiro atoms. The first-order valence-corrected chi connectivity index (χ1v) is 5.69. The summed E-state index contributed by atoms with van der Waals surface area (Å²) in [6.07, 6.45) is 4.10. The van der Waals surface area contributed by atoms with Gasteiger partial charge < -0.3 is 4.57 Å². The fourth-order valence-corrected chi connectivity index (χ4v) is 1.99. The molecule has 0 saturated carbocycles. The molecule has 0 bridgehead atoms. The van der Waals surface area contributed by atoms with E-state index in [0.29, 0.717) is 0 Å². The van der Waals surface area contributed by atoms with Crippen LogP contribution in [0.25, 0.3) is 16.8 Å². The van der Waals surface area contributed by atoms with Crippen molar-refractivity contribution < 1.29 is 0 Å². The molecule has 0 unspecified atom stereocenters. The Morgan fingerprint density at radius 1 is 0.882 bits per heavy atom. The van der Waals surface area contributed by atoms with Crippen molar-refractivity contribution in [1.29, 1.82) is 0 Å². The van der Waals surface area contributed by atoms with Crippen LogP contribution in [-0.4, -0.2) is 4.57 Å². The molecule has 0 aliphatic carbocycles. The molecule has 86 valence electrons. The summed E-state index contributed by atoms with van der Waals surface area (Å²) in [5.74, 6) is 0. The molecule has 0 N–H and O–H groups in total. The van der Waals surface area contributed by atoms with Gasteiger partial charge in [0.05, 0.1) is 5.69 Å².